The summed E-state index contributed by atoms with van der Waals surface area (Å²) in [5.41, 5.74) is 1.49. The van der Waals surface area contributed by atoms with E-state index in [2.05, 4.69) is 57.2 Å². The molecule has 0 aliphatic carbocycles. The molecule has 4 saturated heterocycles. The maximum atomic E-state index is 13.6. The number of aliphatic hydroxyl groups is 12. The van der Waals surface area contributed by atoms with E-state index in [1.165, 1.54) is 30.1 Å². The van der Waals surface area contributed by atoms with Crippen LogP contribution in [0.1, 0.15) is 64.0 Å². The van der Waals surface area contributed by atoms with E-state index in [0.29, 0.717) is 36.5 Å². The molecule has 4 aliphatic rings. The van der Waals surface area contributed by atoms with E-state index in [1.807, 2.05) is 4.90 Å². The number of hydrogen-bond donors (Lipinski definition) is 16. The zero-order valence-electron chi connectivity index (χ0n) is 61.6. The van der Waals surface area contributed by atoms with E-state index in [0.717, 1.165) is 0 Å². The number of carboxylic acid groups (broad SMARTS) is 1. The molecule has 21 atom stereocenters. The second kappa shape index (κ2) is 45.2. The number of aliphatic carboxylic acids is 1. The van der Waals surface area contributed by atoms with E-state index in [9.17, 15) is 85.6 Å². The van der Waals surface area contributed by atoms with Crippen molar-refractivity contribution < 1.29 is 142 Å². The molecule has 0 spiro atoms. The predicted molar refractivity (Wildman–Crippen MR) is 366 cm³/mol. The molecular formula is C64H107N17O29. The van der Waals surface area contributed by atoms with Gasteiger partial charge in [-0.25, -0.2) is 23.5 Å². The fourth-order valence-corrected chi connectivity index (χ4v) is 12.6. The van der Waals surface area contributed by atoms with E-state index >= 15 is 0 Å². The SMILES string of the molecule is CC(=O)N[C@H]1[C@H](OCCOCCn2cc(CN(CCCC[C@@H](C(=O)O)N(Cc3cn(CCOCCO[C@@H]4O[C@H](CO)[C@H](O)[C@H](O)[C@H]4C)nn3)c3cn(CCOCCO[C@@H]4O[C@H](CO)[C@H](O)[C@H](O)[C@H]4NC(C)=O)nn3)Cc3cn(CCOCCO[C@@H]4O[C@H](CO)[C@H](O)[C@H](O)[C@H]4NC(C)=O)nn3)nn2)O[C@H](CO)[C@H](O)[C@@H]1O. The van der Waals surface area contributed by atoms with Gasteiger partial charge in [0, 0.05) is 52.2 Å². The number of aliphatic hydroxyl groups excluding tert-OH is 12. The first-order chi connectivity index (χ1) is 52.9. The molecule has 4 fully saturated rings. The molecule has 8 heterocycles. The third kappa shape index (κ3) is 26.4. The normalized spacial score (nSPS) is 28.8. The van der Waals surface area contributed by atoms with Crippen LogP contribution in [0.25, 0.3) is 0 Å². The van der Waals surface area contributed by atoms with Gasteiger partial charge in [-0.15, -0.1) is 20.4 Å². The number of hydrogen-bond acceptors (Lipinski definition) is 38. The van der Waals surface area contributed by atoms with Gasteiger partial charge in [0.1, 0.15) is 97.0 Å². The molecule has 16 N–H and O–H groups in total. The lowest BCUT2D eigenvalue weighted by Gasteiger charge is -2.42. The van der Waals surface area contributed by atoms with E-state index < -0.39 is 179 Å². The highest BCUT2D eigenvalue weighted by molar-refractivity contribution is 5.77. The number of rotatable bonds is 49. The van der Waals surface area contributed by atoms with E-state index in [-0.39, 0.29) is 137 Å². The van der Waals surface area contributed by atoms with Gasteiger partial charge in [-0.3, -0.25) is 19.3 Å². The molecule has 0 unspecified atom stereocenters. The van der Waals surface area contributed by atoms with Crippen LogP contribution in [0.3, 0.4) is 0 Å². The number of anilines is 1. The van der Waals surface area contributed by atoms with Gasteiger partial charge >= 0.3 is 5.97 Å². The maximum absolute atomic E-state index is 13.6. The van der Waals surface area contributed by atoms with Gasteiger partial charge in [0.2, 0.25) is 17.7 Å². The molecule has 0 aromatic carbocycles. The summed E-state index contributed by atoms with van der Waals surface area (Å²) in [5.74, 6) is -3.11. The number of unbranched alkanes of at least 4 members (excludes halogenated alkanes) is 1. The van der Waals surface area contributed by atoms with Crippen molar-refractivity contribution in [3.05, 3.63) is 41.9 Å². The molecule has 0 saturated carbocycles. The van der Waals surface area contributed by atoms with Gasteiger partial charge in [0.05, 0.1) is 168 Å². The van der Waals surface area contributed by atoms with Crippen LogP contribution in [-0.2, 0) is 122 Å². The molecule has 0 bridgehead atoms. The number of carboxylic acids is 1. The quantitative estimate of drug-likeness (QED) is 0.0183. The van der Waals surface area contributed by atoms with Crippen molar-refractivity contribution >= 4 is 29.5 Å². The van der Waals surface area contributed by atoms with Crippen LogP contribution in [-0.4, -0.2) is 390 Å². The first kappa shape index (κ1) is 88.8. The first-order valence-electron chi connectivity index (χ1n) is 36.3. The number of carbonyl (C=O) groups excluding carboxylic acids is 3. The van der Waals surface area contributed by atoms with Crippen molar-refractivity contribution in [2.75, 3.05) is 117 Å². The molecule has 3 amide bonds. The average Bonchev–Trinajstić information content (AvgIpc) is 1.37. The summed E-state index contributed by atoms with van der Waals surface area (Å²) in [5, 5.41) is 176. The summed E-state index contributed by atoms with van der Waals surface area (Å²) >= 11 is 0. The number of ether oxygens (including phenoxy) is 12. The fraction of sp³-hybridized carbons (Fsp3) is 0.812. The number of amides is 3. The predicted octanol–water partition coefficient (Wildman–Crippen LogP) is -9.58. The van der Waals surface area contributed by atoms with Crippen LogP contribution >= 0.6 is 0 Å². The second-order valence-electron chi connectivity index (χ2n) is 26.7. The Morgan fingerprint density at radius 2 is 0.764 bits per heavy atom. The molecular weight excluding hydrogens is 1470 g/mol. The number of nitrogens with zero attached hydrogens (tertiary/aromatic N) is 14. The highest BCUT2D eigenvalue weighted by Crippen LogP contribution is 2.29. The van der Waals surface area contributed by atoms with Gasteiger partial charge in [-0.05, 0) is 25.8 Å². The van der Waals surface area contributed by atoms with E-state index in [1.54, 1.807) is 46.0 Å². The Morgan fingerprint density at radius 3 is 1.12 bits per heavy atom. The first-order valence-corrected chi connectivity index (χ1v) is 36.3. The summed E-state index contributed by atoms with van der Waals surface area (Å²) in [6.07, 6.45) is -12.9. The minimum atomic E-state index is -1.51. The lowest BCUT2D eigenvalue weighted by atomic mass is 9.92. The van der Waals surface area contributed by atoms with Crippen molar-refractivity contribution in [3.8, 4) is 0 Å². The van der Waals surface area contributed by atoms with Gasteiger partial charge in [0.25, 0.3) is 0 Å². The van der Waals surface area contributed by atoms with Gasteiger partial charge in [-0.2, -0.15) is 0 Å². The molecule has 4 aliphatic heterocycles. The Labute approximate surface area is 631 Å². The summed E-state index contributed by atoms with van der Waals surface area (Å²) in [4.78, 5) is 52.8. The minimum Gasteiger partial charge on any atom is -0.480 e. The van der Waals surface area contributed by atoms with Crippen molar-refractivity contribution in [1.29, 1.82) is 0 Å². The summed E-state index contributed by atoms with van der Waals surface area (Å²) in [7, 11) is 0. The van der Waals surface area contributed by atoms with Crippen LogP contribution in [0.15, 0.2) is 24.8 Å². The van der Waals surface area contributed by atoms with Gasteiger partial charge in [-0.1, -0.05) is 27.8 Å². The fourth-order valence-electron chi connectivity index (χ4n) is 12.6. The summed E-state index contributed by atoms with van der Waals surface area (Å²) in [6, 6.07) is -4.60. The van der Waals surface area contributed by atoms with Gasteiger partial charge in [0.15, 0.2) is 31.0 Å². The zero-order valence-corrected chi connectivity index (χ0v) is 61.6. The highest BCUT2D eigenvalue weighted by atomic mass is 16.7. The average molecular weight is 1580 g/mol. The third-order valence-corrected chi connectivity index (χ3v) is 18.4. The van der Waals surface area contributed by atoms with Gasteiger partial charge < -0.3 is 144 Å². The molecule has 8 rings (SSSR count). The van der Waals surface area contributed by atoms with Crippen LogP contribution in [0.5, 0.6) is 0 Å². The largest absolute Gasteiger partial charge is 0.480 e. The summed E-state index contributed by atoms with van der Waals surface area (Å²) < 4.78 is 74.8. The molecule has 110 heavy (non-hydrogen) atoms. The van der Waals surface area contributed by atoms with Crippen molar-refractivity contribution in [3.63, 3.8) is 0 Å². The molecule has 4 aromatic heterocycles. The smallest absolute Gasteiger partial charge is 0.326 e. The Hall–Kier alpha value is -6.76. The lowest BCUT2D eigenvalue weighted by Crippen LogP contribution is -2.64. The zero-order chi connectivity index (χ0) is 79.4. The molecule has 46 nitrogen and oxygen atoms in total. The van der Waals surface area contributed by atoms with Crippen LogP contribution in [0, 0.1) is 5.92 Å². The second-order valence-corrected chi connectivity index (χ2v) is 26.7. The number of nitrogens with one attached hydrogen (secondary N) is 3. The summed E-state index contributed by atoms with van der Waals surface area (Å²) in [6.45, 7) is 5.24. The molecule has 622 valence electrons. The number of aromatic nitrogens is 12. The van der Waals surface area contributed by atoms with Crippen molar-refractivity contribution in [1.82, 2.24) is 80.8 Å². The molecule has 0 radical (unpaired) electrons. The van der Waals surface area contributed by atoms with Crippen LogP contribution < -0.4 is 20.9 Å². The minimum absolute atomic E-state index is 0.00704. The van der Waals surface area contributed by atoms with Crippen LogP contribution in [0.4, 0.5) is 5.82 Å². The molecule has 46 heteroatoms. The Morgan fingerprint density at radius 1 is 0.436 bits per heavy atom. The Bertz CT molecular complexity index is 3240. The Balaban J connectivity index is 0.895. The van der Waals surface area contributed by atoms with E-state index in [4.69, 9.17) is 56.8 Å². The maximum Gasteiger partial charge on any atom is 0.326 e. The third-order valence-electron chi connectivity index (χ3n) is 18.4. The highest BCUT2D eigenvalue weighted by Gasteiger charge is 2.49. The Kier molecular flexibility index (Phi) is 36.5. The topological polar surface area (TPSA) is 607 Å². The van der Waals surface area contributed by atoms with Crippen molar-refractivity contribution in [2.24, 2.45) is 5.92 Å². The molecule has 4 aromatic rings. The lowest BCUT2D eigenvalue weighted by molar-refractivity contribution is -0.284. The van der Waals surface area contributed by atoms with Crippen molar-refractivity contribution in [2.45, 2.75) is 215 Å². The monoisotopic (exact) mass is 1580 g/mol. The standard InChI is InChI=1S/C64H107N17O29/c1-36-52(89)53(90)44(32-82)107-61(36)103-21-17-99-15-11-79-29-42(70-74-79)30-81(48-31-80(75-71-48)12-16-102-20-24-106-64-51(67-39(4)88)59(96)56(93)47(35-85)110-64)43(60(97)98)7-5-6-8-76(25-40-27-77(72-68-40)9-13-100-18-22-104-62-49(65-37(2)86)57(94)54(91)45(33-83)108-62)26-41-28-78(73-69-41)10-14-101-19-23-105-63-50(66-38(3)87)58(95)55(92)46(34-84)109-63/h27-29,31,36,43-47,49-59,61-64,82-85,89-96H,5-26,30,32-35H2,1-4H3,(H,65,86)(H,66,87)(H,67,88)(H,97,98)/t36-,43+,44-,45-,46-,47-,49-,50-,51-,52-,53+,54+,55+,56+,57-,58-,59-,61-,62-,63-,64-/m1/s1. The van der Waals surface area contributed by atoms with Crippen LogP contribution in [0.2, 0.25) is 0 Å². The number of carbonyl (C=O) groups is 4.